The number of hydrogen-bond acceptors (Lipinski definition) is 8. The van der Waals surface area contributed by atoms with E-state index in [0.29, 0.717) is 19.5 Å². The fourth-order valence-corrected chi connectivity index (χ4v) is 4.28. The van der Waals surface area contributed by atoms with Crippen molar-refractivity contribution < 1.29 is 38.6 Å². The van der Waals surface area contributed by atoms with Crippen LogP contribution >= 0.6 is 0 Å². The van der Waals surface area contributed by atoms with Gasteiger partial charge in [0, 0.05) is 25.9 Å². The Morgan fingerprint density at radius 2 is 1.46 bits per heavy atom. The maximum absolute atomic E-state index is 13.5. The molecule has 4 atom stereocenters. The number of likely N-dealkylation sites (N-methyl/N-ethyl adjacent to an activating group) is 1. The summed E-state index contributed by atoms with van der Waals surface area (Å²) in [5.74, 6) is -3.81. The second kappa shape index (κ2) is 14.1. The summed E-state index contributed by atoms with van der Waals surface area (Å²) in [5, 5.41) is 17.2. The first-order valence-electron chi connectivity index (χ1n) is 13.2. The molecule has 0 heterocycles. The van der Waals surface area contributed by atoms with Crippen LogP contribution in [0.15, 0.2) is 4.99 Å². The van der Waals surface area contributed by atoms with E-state index in [-0.39, 0.29) is 24.7 Å². The zero-order valence-electron chi connectivity index (χ0n) is 24.5. The van der Waals surface area contributed by atoms with Gasteiger partial charge in [0.1, 0.15) is 17.2 Å². The lowest BCUT2D eigenvalue weighted by Gasteiger charge is -2.32. The minimum absolute atomic E-state index is 0.0127. The summed E-state index contributed by atoms with van der Waals surface area (Å²) in [5.41, 5.74) is -1.70. The van der Waals surface area contributed by atoms with Crippen molar-refractivity contribution in [1.29, 1.82) is 0 Å². The highest BCUT2D eigenvalue weighted by atomic mass is 16.6. The average molecular weight is 556 g/mol. The quantitative estimate of drug-likeness (QED) is 0.261. The Hall–Kier alpha value is -3.38. The van der Waals surface area contributed by atoms with Crippen molar-refractivity contribution in [3.8, 4) is 0 Å². The lowest BCUT2D eigenvalue weighted by molar-refractivity contribution is -0.142. The van der Waals surface area contributed by atoms with E-state index in [9.17, 15) is 29.1 Å². The third-order valence-corrected chi connectivity index (χ3v) is 5.70. The summed E-state index contributed by atoms with van der Waals surface area (Å²) in [4.78, 5) is 68.7. The van der Waals surface area contributed by atoms with Crippen LogP contribution < -0.4 is 16.0 Å². The van der Waals surface area contributed by atoms with Gasteiger partial charge in [-0.2, -0.15) is 0 Å². The van der Waals surface area contributed by atoms with E-state index in [4.69, 9.17) is 9.47 Å². The van der Waals surface area contributed by atoms with Gasteiger partial charge in [-0.25, -0.2) is 14.6 Å². The molecular weight excluding hydrogens is 510 g/mol. The van der Waals surface area contributed by atoms with E-state index in [1.165, 1.54) is 6.92 Å². The molecule has 1 aliphatic rings. The van der Waals surface area contributed by atoms with Crippen molar-refractivity contribution in [2.75, 3.05) is 13.1 Å². The number of guanidine groups is 1. The standard InChI is InChI=1S/C26H45N5O8/c1-10-12-31(11-2)20(33)19(27-15(3)32)17-13-16(21(34)35)14-18(17)28-22(29-23(36)38-25(4,5)6)30-24(37)39-26(7,8)9/h16-19H,10-14H2,1-9H3,(H,27,32)(H,34,35)(H2,28,29,30,36,37)/t16?,17-,18+,19?/m1/s1. The molecule has 39 heavy (non-hydrogen) atoms. The highest BCUT2D eigenvalue weighted by Crippen LogP contribution is 2.37. The van der Waals surface area contributed by atoms with Crippen molar-refractivity contribution in [3.63, 3.8) is 0 Å². The largest absolute Gasteiger partial charge is 0.481 e. The fraction of sp³-hybridized carbons (Fsp3) is 0.769. The van der Waals surface area contributed by atoms with Gasteiger partial charge in [-0.05, 0) is 67.7 Å². The number of carbonyl (C=O) groups excluding carboxylic acids is 4. The highest BCUT2D eigenvalue weighted by molar-refractivity contribution is 6.01. The molecule has 2 unspecified atom stereocenters. The number of carboxylic acid groups (broad SMARTS) is 1. The SMILES string of the molecule is CCCN(CC)C(=O)C(NC(C)=O)[C@@H]1CC(C(=O)O)C[C@@H]1N=C(NC(=O)OC(C)(C)C)NC(=O)OC(C)(C)C. The number of rotatable bonds is 8. The van der Waals surface area contributed by atoms with Gasteiger partial charge in [-0.1, -0.05) is 6.92 Å². The van der Waals surface area contributed by atoms with Crippen molar-refractivity contribution in [2.45, 2.75) is 105 Å². The van der Waals surface area contributed by atoms with Crippen molar-refractivity contribution in [2.24, 2.45) is 16.8 Å². The summed E-state index contributed by atoms with van der Waals surface area (Å²) in [6.45, 7) is 15.8. The molecule has 0 spiro atoms. The van der Waals surface area contributed by atoms with Crippen LogP contribution in [0.3, 0.4) is 0 Å². The first-order valence-corrected chi connectivity index (χ1v) is 13.2. The van der Waals surface area contributed by atoms with E-state index in [0.717, 1.165) is 0 Å². The maximum atomic E-state index is 13.5. The number of nitrogens with zero attached hydrogens (tertiary/aromatic N) is 2. The van der Waals surface area contributed by atoms with Crippen LogP contribution in [-0.2, 0) is 23.9 Å². The minimum atomic E-state index is -1.07. The molecule has 1 aliphatic carbocycles. The molecular formula is C26H45N5O8. The van der Waals surface area contributed by atoms with Crippen molar-refractivity contribution >= 4 is 35.9 Å². The summed E-state index contributed by atoms with van der Waals surface area (Å²) < 4.78 is 10.6. The Bertz CT molecular complexity index is 906. The number of carboxylic acids is 1. The van der Waals surface area contributed by atoms with Crippen LogP contribution in [0.4, 0.5) is 9.59 Å². The number of nitrogens with one attached hydrogen (secondary N) is 3. The molecule has 0 saturated heterocycles. The van der Waals surface area contributed by atoms with Gasteiger partial charge in [0.05, 0.1) is 12.0 Å². The monoisotopic (exact) mass is 555 g/mol. The van der Waals surface area contributed by atoms with Gasteiger partial charge in [-0.15, -0.1) is 0 Å². The van der Waals surface area contributed by atoms with Gasteiger partial charge in [0.2, 0.25) is 17.8 Å². The Morgan fingerprint density at radius 3 is 1.85 bits per heavy atom. The average Bonchev–Trinajstić information content (AvgIpc) is 3.16. The Kier molecular flexibility index (Phi) is 12.2. The van der Waals surface area contributed by atoms with E-state index in [1.54, 1.807) is 46.4 Å². The maximum Gasteiger partial charge on any atom is 0.414 e. The van der Waals surface area contributed by atoms with Crippen LogP contribution in [0.25, 0.3) is 0 Å². The van der Waals surface area contributed by atoms with Crippen LogP contribution in [0.5, 0.6) is 0 Å². The molecule has 1 saturated carbocycles. The summed E-state index contributed by atoms with van der Waals surface area (Å²) in [6, 6.07) is -1.91. The second-order valence-corrected chi connectivity index (χ2v) is 11.6. The molecule has 4 amide bonds. The van der Waals surface area contributed by atoms with Gasteiger partial charge in [0.15, 0.2) is 0 Å². The molecule has 0 aromatic heterocycles. The number of carbonyl (C=O) groups is 5. The topological polar surface area (TPSA) is 176 Å². The molecule has 1 rings (SSSR count). The van der Waals surface area contributed by atoms with E-state index in [1.807, 2.05) is 13.8 Å². The molecule has 1 fully saturated rings. The first kappa shape index (κ1) is 33.6. The van der Waals surface area contributed by atoms with Crippen LogP contribution in [0.2, 0.25) is 0 Å². The number of alkyl carbamates (subject to hydrolysis) is 2. The molecule has 222 valence electrons. The lowest BCUT2D eigenvalue weighted by atomic mass is 9.92. The van der Waals surface area contributed by atoms with Gasteiger partial charge in [0.25, 0.3) is 0 Å². The smallest absolute Gasteiger partial charge is 0.414 e. The van der Waals surface area contributed by atoms with Crippen LogP contribution in [-0.4, -0.2) is 82.3 Å². The van der Waals surface area contributed by atoms with E-state index < -0.39 is 59.2 Å². The molecule has 0 aromatic rings. The van der Waals surface area contributed by atoms with Crippen LogP contribution in [0, 0.1) is 11.8 Å². The molecule has 13 heteroatoms. The van der Waals surface area contributed by atoms with Crippen molar-refractivity contribution in [1.82, 2.24) is 20.9 Å². The molecule has 0 aliphatic heterocycles. The highest BCUT2D eigenvalue weighted by Gasteiger charge is 2.46. The number of aliphatic carboxylic acids is 1. The van der Waals surface area contributed by atoms with Crippen molar-refractivity contribution in [3.05, 3.63) is 0 Å². The number of ether oxygens (including phenoxy) is 2. The molecule has 4 N–H and O–H groups in total. The number of aliphatic imine (C=N–C) groups is 1. The Morgan fingerprint density at radius 1 is 0.949 bits per heavy atom. The fourth-order valence-electron chi connectivity index (χ4n) is 4.28. The van der Waals surface area contributed by atoms with Gasteiger partial charge in [-0.3, -0.25) is 25.0 Å². The summed E-state index contributed by atoms with van der Waals surface area (Å²) in [6.07, 6.45) is -1.05. The van der Waals surface area contributed by atoms with Gasteiger partial charge < -0.3 is 24.8 Å². The zero-order chi connectivity index (χ0) is 30.1. The first-order chi connectivity index (χ1) is 17.9. The Labute approximate surface area is 230 Å². The second-order valence-electron chi connectivity index (χ2n) is 11.6. The third kappa shape index (κ3) is 11.9. The van der Waals surface area contributed by atoms with E-state index in [2.05, 4.69) is 20.9 Å². The van der Waals surface area contributed by atoms with Crippen LogP contribution in [0.1, 0.15) is 81.6 Å². The molecule has 13 nitrogen and oxygen atoms in total. The summed E-state index contributed by atoms with van der Waals surface area (Å²) in [7, 11) is 0. The minimum Gasteiger partial charge on any atom is -0.481 e. The normalized spacial score (nSPS) is 19.8. The van der Waals surface area contributed by atoms with Gasteiger partial charge >= 0.3 is 18.2 Å². The lowest BCUT2D eigenvalue weighted by Crippen LogP contribution is -2.54. The molecule has 0 radical (unpaired) electrons. The predicted molar refractivity (Wildman–Crippen MR) is 144 cm³/mol. The predicted octanol–water partition coefficient (Wildman–Crippen LogP) is 2.63. The van der Waals surface area contributed by atoms with E-state index >= 15 is 0 Å². The Balaban J connectivity index is 3.51. The molecule has 0 aromatic carbocycles. The molecule has 0 bridgehead atoms. The number of hydrogen-bond donors (Lipinski definition) is 4. The third-order valence-electron chi connectivity index (χ3n) is 5.70. The number of amides is 4. The summed E-state index contributed by atoms with van der Waals surface area (Å²) >= 11 is 0. The zero-order valence-corrected chi connectivity index (χ0v) is 24.5.